The van der Waals surface area contributed by atoms with E-state index >= 15 is 0 Å². The fraction of sp³-hybridized carbons (Fsp3) is 0.190. The minimum absolute atomic E-state index is 0.00172. The molecule has 2 nitrogen and oxygen atoms in total. The number of anilines is 1. The lowest BCUT2D eigenvalue weighted by Crippen LogP contribution is -2.09. The number of hydrogen-bond donors (Lipinski definition) is 1. The van der Waals surface area contributed by atoms with Crippen molar-refractivity contribution in [3.05, 3.63) is 76.0 Å². The van der Waals surface area contributed by atoms with Crippen LogP contribution in [0.25, 0.3) is 11.1 Å². The van der Waals surface area contributed by atoms with E-state index in [0.717, 1.165) is 29.0 Å². The first-order chi connectivity index (χ1) is 11.8. The highest BCUT2D eigenvalue weighted by Crippen LogP contribution is 2.30. The monoisotopic (exact) mass is 333 g/mol. The van der Waals surface area contributed by atoms with E-state index in [2.05, 4.69) is 23.5 Å². The van der Waals surface area contributed by atoms with E-state index in [1.54, 1.807) is 11.3 Å². The van der Waals surface area contributed by atoms with E-state index in [1.165, 1.54) is 28.8 Å². The summed E-state index contributed by atoms with van der Waals surface area (Å²) in [6.45, 7) is 0. The summed E-state index contributed by atoms with van der Waals surface area (Å²) in [6.07, 6.45) is 4.73. The highest BCUT2D eigenvalue weighted by atomic mass is 32.1. The van der Waals surface area contributed by atoms with Crippen LogP contribution in [0.3, 0.4) is 0 Å². The van der Waals surface area contributed by atoms with Crippen LogP contribution < -0.4 is 5.32 Å². The molecular weight excluding hydrogens is 314 g/mol. The van der Waals surface area contributed by atoms with Gasteiger partial charge < -0.3 is 5.32 Å². The summed E-state index contributed by atoms with van der Waals surface area (Å²) in [5.41, 5.74) is 4.54. The van der Waals surface area contributed by atoms with Crippen molar-refractivity contribution >= 4 is 22.9 Å². The summed E-state index contributed by atoms with van der Waals surface area (Å²) < 4.78 is 0. The number of hydrogen-bond acceptors (Lipinski definition) is 2. The summed E-state index contributed by atoms with van der Waals surface area (Å²) in [4.78, 5) is 14.7. The topological polar surface area (TPSA) is 29.1 Å². The Morgan fingerprint density at radius 2 is 1.58 bits per heavy atom. The van der Waals surface area contributed by atoms with E-state index in [-0.39, 0.29) is 5.91 Å². The van der Waals surface area contributed by atoms with Crippen LogP contribution in [0.1, 0.15) is 33.0 Å². The van der Waals surface area contributed by atoms with Crippen LogP contribution in [0.15, 0.2) is 60.7 Å². The largest absolute Gasteiger partial charge is 0.321 e. The minimum Gasteiger partial charge on any atom is -0.321 e. The Hall–Kier alpha value is -2.39. The van der Waals surface area contributed by atoms with Crippen LogP contribution in [-0.4, -0.2) is 5.91 Å². The Bertz CT molecular complexity index is 826. The van der Waals surface area contributed by atoms with E-state index in [9.17, 15) is 4.79 Å². The van der Waals surface area contributed by atoms with Crippen molar-refractivity contribution in [2.45, 2.75) is 25.7 Å². The number of fused-ring (bicyclic) bond motifs is 1. The average Bonchev–Trinajstić information content (AvgIpc) is 3.07. The number of nitrogens with one attached hydrogen (secondary N) is 1. The quantitative estimate of drug-likeness (QED) is 0.669. The molecule has 0 aliphatic heterocycles. The summed E-state index contributed by atoms with van der Waals surface area (Å²) >= 11 is 1.65. The van der Waals surface area contributed by atoms with Crippen molar-refractivity contribution in [3.63, 3.8) is 0 Å². The zero-order chi connectivity index (χ0) is 16.4. The van der Waals surface area contributed by atoms with Crippen molar-refractivity contribution in [1.29, 1.82) is 0 Å². The third-order valence-electron chi connectivity index (χ3n) is 4.47. The molecule has 1 aromatic heterocycles. The van der Waals surface area contributed by atoms with Crippen LogP contribution in [-0.2, 0) is 12.8 Å². The predicted octanol–water partition coefficient (Wildman–Crippen LogP) is 5.55. The van der Waals surface area contributed by atoms with Gasteiger partial charge in [-0.3, -0.25) is 4.79 Å². The molecule has 1 aliphatic carbocycles. The van der Waals surface area contributed by atoms with Gasteiger partial charge in [-0.05, 0) is 60.6 Å². The fourth-order valence-electron chi connectivity index (χ4n) is 3.17. The Labute approximate surface area is 146 Å². The lowest BCUT2D eigenvalue weighted by molar-refractivity contribution is 0.103. The zero-order valence-electron chi connectivity index (χ0n) is 13.4. The molecule has 0 saturated heterocycles. The van der Waals surface area contributed by atoms with Gasteiger partial charge in [-0.25, -0.2) is 0 Å². The first-order valence-electron chi connectivity index (χ1n) is 8.38. The molecule has 24 heavy (non-hydrogen) atoms. The molecule has 4 rings (SSSR count). The average molecular weight is 333 g/mol. The Morgan fingerprint density at radius 3 is 2.33 bits per heavy atom. The molecule has 0 fully saturated rings. The summed E-state index contributed by atoms with van der Waals surface area (Å²) in [5.74, 6) is 0.00172. The molecule has 1 heterocycles. The standard InChI is InChI=1S/C21H19NOS/c23-21(20-14-17-8-4-5-9-19(17)24-20)22-18-12-10-16(11-13-18)15-6-2-1-3-7-15/h1-3,6-7,10-14H,4-5,8-9H2,(H,22,23). The second-order valence-electron chi connectivity index (χ2n) is 6.16. The van der Waals surface area contributed by atoms with Gasteiger partial charge in [0.2, 0.25) is 0 Å². The van der Waals surface area contributed by atoms with Gasteiger partial charge in [-0.2, -0.15) is 0 Å². The summed E-state index contributed by atoms with van der Waals surface area (Å²) in [7, 11) is 0. The second-order valence-corrected chi connectivity index (χ2v) is 7.30. The number of carbonyl (C=O) groups is 1. The number of rotatable bonds is 3. The maximum atomic E-state index is 12.5. The van der Waals surface area contributed by atoms with Crippen molar-refractivity contribution in [1.82, 2.24) is 0 Å². The highest BCUT2D eigenvalue weighted by molar-refractivity contribution is 7.14. The highest BCUT2D eigenvalue weighted by Gasteiger charge is 2.17. The fourth-order valence-corrected chi connectivity index (χ4v) is 4.32. The predicted molar refractivity (Wildman–Crippen MR) is 101 cm³/mol. The molecule has 1 amide bonds. The van der Waals surface area contributed by atoms with Crippen LogP contribution in [0, 0.1) is 0 Å². The molecule has 3 heteroatoms. The van der Waals surface area contributed by atoms with E-state index in [0.29, 0.717) is 0 Å². The van der Waals surface area contributed by atoms with Crippen LogP contribution >= 0.6 is 11.3 Å². The molecule has 0 radical (unpaired) electrons. The summed E-state index contributed by atoms with van der Waals surface area (Å²) in [5, 5.41) is 3.02. The van der Waals surface area contributed by atoms with Gasteiger partial charge in [0, 0.05) is 10.6 Å². The molecule has 1 aliphatic rings. The Balaban J connectivity index is 1.49. The van der Waals surface area contributed by atoms with Crippen molar-refractivity contribution in [2.75, 3.05) is 5.32 Å². The maximum absolute atomic E-state index is 12.5. The van der Waals surface area contributed by atoms with Gasteiger partial charge in [0.15, 0.2) is 0 Å². The molecule has 3 aromatic rings. The number of benzene rings is 2. The SMILES string of the molecule is O=C(Nc1ccc(-c2ccccc2)cc1)c1cc2c(s1)CCCC2. The molecule has 0 unspecified atom stereocenters. The third-order valence-corrected chi connectivity index (χ3v) is 5.71. The molecular formula is C21H19NOS. The number of carbonyl (C=O) groups excluding carboxylic acids is 1. The first-order valence-corrected chi connectivity index (χ1v) is 9.20. The normalized spacial score (nSPS) is 13.3. The van der Waals surface area contributed by atoms with Crippen molar-refractivity contribution in [2.24, 2.45) is 0 Å². The Morgan fingerprint density at radius 1 is 0.875 bits per heavy atom. The van der Waals surface area contributed by atoms with Crippen molar-refractivity contribution < 1.29 is 4.79 Å². The molecule has 120 valence electrons. The minimum atomic E-state index is 0.00172. The smallest absolute Gasteiger partial charge is 0.265 e. The molecule has 0 spiro atoms. The van der Waals surface area contributed by atoms with Crippen LogP contribution in [0.4, 0.5) is 5.69 Å². The molecule has 0 bridgehead atoms. The second kappa shape index (κ2) is 6.62. The van der Waals surface area contributed by atoms with Gasteiger partial charge >= 0.3 is 0 Å². The summed E-state index contributed by atoms with van der Waals surface area (Å²) in [6, 6.07) is 20.3. The number of aryl methyl sites for hydroxylation is 2. The van der Waals surface area contributed by atoms with Crippen molar-refractivity contribution in [3.8, 4) is 11.1 Å². The zero-order valence-corrected chi connectivity index (χ0v) is 14.2. The van der Waals surface area contributed by atoms with Gasteiger partial charge in [0.1, 0.15) is 0 Å². The van der Waals surface area contributed by atoms with Gasteiger partial charge in [0.05, 0.1) is 4.88 Å². The number of amides is 1. The molecule has 0 saturated carbocycles. The third kappa shape index (κ3) is 3.13. The molecule has 1 N–H and O–H groups in total. The van der Waals surface area contributed by atoms with Gasteiger partial charge in [0.25, 0.3) is 5.91 Å². The van der Waals surface area contributed by atoms with Gasteiger partial charge in [-0.15, -0.1) is 11.3 Å². The number of thiophene rings is 1. The lowest BCUT2D eigenvalue weighted by atomic mass is 9.99. The Kier molecular flexibility index (Phi) is 4.18. The van der Waals surface area contributed by atoms with Crippen LogP contribution in [0.2, 0.25) is 0 Å². The van der Waals surface area contributed by atoms with E-state index in [4.69, 9.17) is 0 Å². The molecule has 2 aromatic carbocycles. The van der Waals surface area contributed by atoms with Crippen LogP contribution in [0.5, 0.6) is 0 Å². The first kappa shape index (κ1) is 15.2. The van der Waals surface area contributed by atoms with E-state index in [1.807, 2.05) is 42.5 Å². The lowest BCUT2D eigenvalue weighted by Gasteiger charge is -2.08. The van der Waals surface area contributed by atoms with Gasteiger partial charge in [-0.1, -0.05) is 42.5 Å². The maximum Gasteiger partial charge on any atom is 0.265 e. The molecule has 0 atom stereocenters. The van der Waals surface area contributed by atoms with E-state index < -0.39 is 0 Å².